The molecule has 3 rings (SSSR count). The fourth-order valence-corrected chi connectivity index (χ4v) is 3.69. The van der Waals surface area contributed by atoms with Crippen LogP contribution in [0, 0.1) is 17.1 Å². The summed E-state index contributed by atoms with van der Waals surface area (Å²) in [7, 11) is 0. The number of nitrogens with zero attached hydrogens (tertiary/aromatic N) is 2. The molecule has 0 saturated heterocycles. The number of nitriles is 1. The zero-order valence-electron chi connectivity index (χ0n) is 17.3. The third-order valence-electron chi connectivity index (χ3n) is 5.31. The normalized spacial score (nSPS) is 13.8. The highest BCUT2D eigenvalue weighted by molar-refractivity contribution is 5.81. The number of halogens is 1. The molecule has 0 radical (unpaired) electrons. The topological polar surface area (TPSA) is 79.6 Å². The van der Waals surface area contributed by atoms with E-state index in [1.165, 1.54) is 12.1 Å². The van der Waals surface area contributed by atoms with Crippen LogP contribution < -0.4 is 4.74 Å². The van der Waals surface area contributed by atoms with E-state index >= 15 is 0 Å². The van der Waals surface area contributed by atoms with Gasteiger partial charge in [-0.2, -0.15) is 5.26 Å². The van der Waals surface area contributed by atoms with E-state index in [1.54, 1.807) is 41.3 Å². The van der Waals surface area contributed by atoms with Crippen LogP contribution in [0.1, 0.15) is 43.2 Å². The van der Waals surface area contributed by atoms with Gasteiger partial charge in [0.2, 0.25) is 0 Å². The standard InChI is InChI=1S/C24H25FN2O4/c25-20-12-10-18(11-13-20)15-27(21-7-2-1-3-8-21)23(28)16-31-24(29)17-30-22-9-5-4-6-19(22)14-26/h4-6,9-13,21H,1-3,7-8,15-17H2. The fraction of sp³-hybridized carbons (Fsp3) is 0.375. The Morgan fingerprint density at radius 2 is 1.74 bits per heavy atom. The molecular weight excluding hydrogens is 399 g/mol. The summed E-state index contributed by atoms with van der Waals surface area (Å²) in [5.74, 6) is -1.02. The van der Waals surface area contributed by atoms with Gasteiger partial charge in [-0.25, -0.2) is 9.18 Å². The van der Waals surface area contributed by atoms with Gasteiger partial charge in [0.25, 0.3) is 5.91 Å². The minimum absolute atomic E-state index is 0.0729. The van der Waals surface area contributed by atoms with Crippen molar-refractivity contribution in [1.29, 1.82) is 5.26 Å². The molecule has 1 aliphatic carbocycles. The molecule has 0 bridgehead atoms. The van der Waals surface area contributed by atoms with Gasteiger partial charge in [0.1, 0.15) is 17.6 Å². The van der Waals surface area contributed by atoms with Crippen LogP contribution in [0.15, 0.2) is 48.5 Å². The van der Waals surface area contributed by atoms with Gasteiger partial charge in [0.05, 0.1) is 5.56 Å². The number of amides is 1. The molecule has 6 nitrogen and oxygen atoms in total. The summed E-state index contributed by atoms with van der Waals surface area (Å²) in [6.07, 6.45) is 5.03. The van der Waals surface area contributed by atoms with E-state index in [9.17, 15) is 14.0 Å². The van der Waals surface area contributed by atoms with Gasteiger partial charge in [-0.3, -0.25) is 4.79 Å². The monoisotopic (exact) mass is 424 g/mol. The first-order valence-electron chi connectivity index (χ1n) is 10.4. The minimum Gasteiger partial charge on any atom is -0.481 e. The second-order valence-corrected chi connectivity index (χ2v) is 7.50. The smallest absolute Gasteiger partial charge is 0.344 e. The number of hydrogen-bond acceptors (Lipinski definition) is 5. The van der Waals surface area contributed by atoms with Crippen molar-refractivity contribution < 1.29 is 23.5 Å². The highest BCUT2D eigenvalue weighted by Crippen LogP contribution is 2.24. The van der Waals surface area contributed by atoms with Crippen molar-refractivity contribution in [2.45, 2.75) is 44.7 Å². The Bertz CT molecular complexity index is 933. The number of para-hydroxylation sites is 1. The van der Waals surface area contributed by atoms with Crippen LogP contribution in [-0.4, -0.2) is 36.0 Å². The van der Waals surface area contributed by atoms with E-state index in [0.29, 0.717) is 12.1 Å². The lowest BCUT2D eigenvalue weighted by molar-refractivity contribution is -0.155. The average molecular weight is 424 g/mol. The second-order valence-electron chi connectivity index (χ2n) is 7.50. The van der Waals surface area contributed by atoms with Crippen LogP contribution in [0.4, 0.5) is 4.39 Å². The molecule has 0 spiro atoms. The van der Waals surface area contributed by atoms with Gasteiger partial charge in [-0.05, 0) is 42.7 Å². The zero-order chi connectivity index (χ0) is 22.1. The Balaban J connectivity index is 1.56. The minimum atomic E-state index is -0.688. The van der Waals surface area contributed by atoms with Gasteiger partial charge in [0, 0.05) is 12.6 Å². The summed E-state index contributed by atoms with van der Waals surface area (Å²) in [5.41, 5.74) is 1.14. The maximum Gasteiger partial charge on any atom is 0.344 e. The van der Waals surface area contributed by atoms with E-state index in [0.717, 1.165) is 37.7 Å². The highest BCUT2D eigenvalue weighted by Gasteiger charge is 2.26. The Kier molecular flexibility index (Phi) is 7.99. The van der Waals surface area contributed by atoms with Crippen LogP contribution in [-0.2, 0) is 20.9 Å². The lowest BCUT2D eigenvalue weighted by Gasteiger charge is -2.34. The number of ether oxygens (including phenoxy) is 2. The number of benzene rings is 2. The maximum absolute atomic E-state index is 13.2. The molecule has 0 aliphatic heterocycles. The maximum atomic E-state index is 13.2. The molecule has 1 amide bonds. The molecule has 1 fully saturated rings. The van der Waals surface area contributed by atoms with E-state index in [1.807, 2.05) is 6.07 Å². The number of esters is 1. The summed E-state index contributed by atoms with van der Waals surface area (Å²) >= 11 is 0. The lowest BCUT2D eigenvalue weighted by Crippen LogP contribution is -2.43. The van der Waals surface area contributed by atoms with Crippen LogP contribution in [0.3, 0.4) is 0 Å². The van der Waals surface area contributed by atoms with Gasteiger partial charge in [0.15, 0.2) is 13.2 Å². The van der Waals surface area contributed by atoms with E-state index < -0.39 is 12.6 Å². The molecule has 0 aromatic heterocycles. The molecule has 0 heterocycles. The molecule has 7 heteroatoms. The van der Waals surface area contributed by atoms with Crippen molar-refractivity contribution in [3.63, 3.8) is 0 Å². The molecular formula is C24H25FN2O4. The number of rotatable bonds is 8. The van der Waals surface area contributed by atoms with Crippen molar-refractivity contribution >= 4 is 11.9 Å². The fourth-order valence-electron chi connectivity index (χ4n) is 3.69. The predicted molar refractivity (Wildman–Crippen MR) is 111 cm³/mol. The quantitative estimate of drug-likeness (QED) is 0.599. The average Bonchev–Trinajstić information content (AvgIpc) is 2.81. The van der Waals surface area contributed by atoms with Crippen molar-refractivity contribution in [2.75, 3.05) is 13.2 Å². The molecule has 0 atom stereocenters. The first-order chi connectivity index (χ1) is 15.1. The van der Waals surface area contributed by atoms with E-state index in [-0.39, 0.29) is 30.1 Å². The largest absolute Gasteiger partial charge is 0.481 e. The van der Waals surface area contributed by atoms with Gasteiger partial charge < -0.3 is 14.4 Å². The van der Waals surface area contributed by atoms with Gasteiger partial charge in [-0.1, -0.05) is 43.5 Å². The third-order valence-corrected chi connectivity index (χ3v) is 5.31. The van der Waals surface area contributed by atoms with Crippen molar-refractivity contribution in [1.82, 2.24) is 4.90 Å². The van der Waals surface area contributed by atoms with E-state index in [4.69, 9.17) is 14.7 Å². The Hall–Kier alpha value is -3.40. The predicted octanol–water partition coefficient (Wildman–Crippen LogP) is 3.98. The molecule has 1 aliphatic rings. The summed E-state index contributed by atoms with van der Waals surface area (Å²) in [5, 5.41) is 9.06. The molecule has 2 aromatic rings. The summed E-state index contributed by atoms with van der Waals surface area (Å²) in [4.78, 5) is 26.7. The van der Waals surface area contributed by atoms with Crippen LogP contribution >= 0.6 is 0 Å². The molecule has 2 aromatic carbocycles. The SMILES string of the molecule is N#Cc1ccccc1OCC(=O)OCC(=O)N(Cc1ccc(F)cc1)C1CCCCC1. The number of carbonyl (C=O) groups excluding carboxylic acids is 2. The van der Waals surface area contributed by atoms with Crippen LogP contribution in [0.25, 0.3) is 0 Å². The molecule has 31 heavy (non-hydrogen) atoms. The second kappa shape index (κ2) is 11.1. The third kappa shape index (κ3) is 6.54. The summed E-state index contributed by atoms with van der Waals surface area (Å²) < 4.78 is 23.7. The van der Waals surface area contributed by atoms with E-state index in [2.05, 4.69) is 0 Å². The lowest BCUT2D eigenvalue weighted by atomic mass is 9.93. The summed E-state index contributed by atoms with van der Waals surface area (Å²) in [6, 6.07) is 14.7. The van der Waals surface area contributed by atoms with Gasteiger partial charge >= 0.3 is 5.97 Å². The zero-order valence-corrected chi connectivity index (χ0v) is 17.3. The molecule has 0 N–H and O–H groups in total. The van der Waals surface area contributed by atoms with Crippen LogP contribution in [0.5, 0.6) is 5.75 Å². The van der Waals surface area contributed by atoms with Crippen molar-refractivity contribution in [3.05, 3.63) is 65.5 Å². The first-order valence-corrected chi connectivity index (χ1v) is 10.4. The van der Waals surface area contributed by atoms with Crippen LogP contribution in [0.2, 0.25) is 0 Å². The number of hydrogen-bond donors (Lipinski definition) is 0. The first kappa shape index (κ1) is 22.3. The molecule has 1 saturated carbocycles. The van der Waals surface area contributed by atoms with Gasteiger partial charge in [-0.15, -0.1) is 0 Å². The Labute approximate surface area is 181 Å². The number of carbonyl (C=O) groups is 2. The van der Waals surface area contributed by atoms with Crippen molar-refractivity contribution in [3.8, 4) is 11.8 Å². The Morgan fingerprint density at radius 1 is 1.03 bits per heavy atom. The molecule has 0 unspecified atom stereocenters. The highest BCUT2D eigenvalue weighted by atomic mass is 19.1. The molecule has 162 valence electrons. The Morgan fingerprint density at radius 3 is 2.45 bits per heavy atom. The van der Waals surface area contributed by atoms with Crippen molar-refractivity contribution in [2.24, 2.45) is 0 Å². The summed E-state index contributed by atoms with van der Waals surface area (Å²) in [6.45, 7) is -0.444.